The zero-order valence-electron chi connectivity index (χ0n) is 9.02. The third-order valence-corrected chi connectivity index (χ3v) is 2.69. The normalized spacial score (nSPS) is 10.1. The third kappa shape index (κ3) is 2.65. The number of nitrogens with zero attached hydrogens (tertiary/aromatic N) is 1. The molecule has 0 aliphatic rings. The monoisotopic (exact) mass is 310 g/mol. The van der Waals surface area contributed by atoms with Gasteiger partial charge in [-0.25, -0.2) is 9.37 Å². The number of pyridine rings is 1. The molecule has 92 valence electrons. The summed E-state index contributed by atoms with van der Waals surface area (Å²) in [6, 6.07) is 6.98. The fourth-order valence-electron chi connectivity index (χ4n) is 1.34. The molecule has 6 heteroatoms. The lowest BCUT2D eigenvalue weighted by molar-refractivity contribution is 0.102. The summed E-state index contributed by atoms with van der Waals surface area (Å²) in [6.07, 6.45) is 1.41. The molecule has 0 saturated heterocycles. The van der Waals surface area contributed by atoms with E-state index in [1.54, 1.807) is 6.07 Å². The fraction of sp³-hybridized carbons (Fsp3) is 0. The highest BCUT2D eigenvalue weighted by molar-refractivity contribution is 9.10. The first kappa shape index (κ1) is 12.5. The molecule has 1 aromatic carbocycles. The second-order valence-corrected chi connectivity index (χ2v) is 4.37. The number of aromatic hydroxyl groups is 1. The smallest absolute Gasteiger partial charge is 0.259 e. The van der Waals surface area contributed by atoms with Crippen LogP contribution in [0.4, 0.5) is 10.2 Å². The maximum absolute atomic E-state index is 13.5. The van der Waals surface area contributed by atoms with Crippen molar-refractivity contribution in [1.29, 1.82) is 0 Å². The van der Waals surface area contributed by atoms with Gasteiger partial charge in [-0.2, -0.15) is 0 Å². The number of nitrogens with one attached hydrogen (secondary N) is 1. The summed E-state index contributed by atoms with van der Waals surface area (Å²) in [5, 5.41) is 11.8. The summed E-state index contributed by atoms with van der Waals surface area (Å²) < 4.78 is 14.1. The lowest BCUT2D eigenvalue weighted by Crippen LogP contribution is -2.14. The Labute approximate surface area is 111 Å². The van der Waals surface area contributed by atoms with E-state index in [-0.39, 0.29) is 17.1 Å². The minimum absolute atomic E-state index is 0.00943. The molecule has 0 bridgehead atoms. The molecule has 0 aliphatic heterocycles. The van der Waals surface area contributed by atoms with Crippen molar-refractivity contribution in [2.45, 2.75) is 0 Å². The van der Waals surface area contributed by atoms with Gasteiger partial charge in [0, 0.05) is 10.7 Å². The van der Waals surface area contributed by atoms with Crippen LogP contribution in [0, 0.1) is 5.82 Å². The van der Waals surface area contributed by atoms with Crippen molar-refractivity contribution in [1.82, 2.24) is 4.98 Å². The van der Waals surface area contributed by atoms with Crippen LogP contribution in [-0.2, 0) is 0 Å². The Hall–Kier alpha value is -1.95. The van der Waals surface area contributed by atoms with Crippen molar-refractivity contribution >= 4 is 27.7 Å². The zero-order valence-corrected chi connectivity index (χ0v) is 10.6. The molecule has 2 rings (SSSR count). The maximum Gasteiger partial charge on any atom is 0.259 e. The highest BCUT2D eigenvalue weighted by Gasteiger charge is 2.14. The van der Waals surface area contributed by atoms with Crippen LogP contribution in [0.25, 0.3) is 0 Å². The molecule has 0 radical (unpaired) electrons. The summed E-state index contributed by atoms with van der Waals surface area (Å²) in [4.78, 5) is 15.6. The molecule has 0 atom stereocenters. The van der Waals surface area contributed by atoms with Gasteiger partial charge in [0.15, 0.2) is 11.6 Å². The molecular weight excluding hydrogens is 303 g/mol. The van der Waals surface area contributed by atoms with Crippen molar-refractivity contribution in [3.63, 3.8) is 0 Å². The van der Waals surface area contributed by atoms with Crippen LogP contribution in [0.3, 0.4) is 0 Å². The lowest BCUT2D eigenvalue weighted by atomic mass is 10.2. The molecule has 0 saturated carbocycles. The van der Waals surface area contributed by atoms with E-state index in [1.807, 2.05) is 0 Å². The second-order valence-electron chi connectivity index (χ2n) is 3.45. The zero-order chi connectivity index (χ0) is 13.1. The number of halogens is 2. The van der Waals surface area contributed by atoms with Gasteiger partial charge in [0.05, 0.1) is 5.56 Å². The van der Waals surface area contributed by atoms with Gasteiger partial charge >= 0.3 is 0 Å². The number of carbonyl (C=O) groups is 1. The Morgan fingerprint density at radius 1 is 1.39 bits per heavy atom. The largest absolute Gasteiger partial charge is 0.504 e. The summed E-state index contributed by atoms with van der Waals surface area (Å²) in [5.74, 6) is -1.51. The van der Waals surface area contributed by atoms with Crippen LogP contribution in [0.15, 0.2) is 41.0 Å². The van der Waals surface area contributed by atoms with Gasteiger partial charge in [0.2, 0.25) is 0 Å². The van der Waals surface area contributed by atoms with E-state index in [0.717, 1.165) is 0 Å². The number of hydrogen-bond acceptors (Lipinski definition) is 3. The second kappa shape index (κ2) is 5.14. The summed E-state index contributed by atoms with van der Waals surface area (Å²) in [7, 11) is 0. The van der Waals surface area contributed by atoms with Crippen molar-refractivity contribution in [3.8, 4) is 5.75 Å². The Bertz CT molecular complexity index is 604. The van der Waals surface area contributed by atoms with Crippen LogP contribution >= 0.6 is 15.9 Å². The predicted octanol–water partition coefficient (Wildman–Crippen LogP) is 2.94. The highest BCUT2D eigenvalue weighted by atomic mass is 79.9. The van der Waals surface area contributed by atoms with Gasteiger partial charge in [-0.05, 0) is 30.3 Å². The molecule has 18 heavy (non-hydrogen) atoms. The molecule has 0 unspecified atom stereocenters. The predicted molar refractivity (Wildman–Crippen MR) is 68.0 cm³/mol. The van der Waals surface area contributed by atoms with E-state index >= 15 is 0 Å². The SMILES string of the molecule is O=C(Nc1ncccc1O)c1ccc(Br)cc1F. The number of carbonyl (C=O) groups excluding carboxylic acids is 1. The van der Waals surface area contributed by atoms with E-state index in [1.165, 1.54) is 30.5 Å². The van der Waals surface area contributed by atoms with Crippen LogP contribution in [0.1, 0.15) is 10.4 Å². The van der Waals surface area contributed by atoms with Crippen molar-refractivity contribution in [2.75, 3.05) is 5.32 Å². The van der Waals surface area contributed by atoms with Crippen molar-refractivity contribution in [2.24, 2.45) is 0 Å². The fourth-order valence-corrected chi connectivity index (χ4v) is 1.67. The quantitative estimate of drug-likeness (QED) is 0.896. The first-order valence-electron chi connectivity index (χ1n) is 4.98. The number of rotatable bonds is 2. The Kier molecular flexibility index (Phi) is 3.57. The minimum Gasteiger partial charge on any atom is -0.504 e. The van der Waals surface area contributed by atoms with Gasteiger partial charge in [-0.15, -0.1) is 0 Å². The molecule has 0 aliphatic carbocycles. The molecule has 2 aromatic rings. The number of benzene rings is 1. The lowest BCUT2D eigenvalue weighted by Gasteiger charge is -2.06. The first-order chi connectivity index (χ1) is 8.58. The third-order valence-electron chi connectivity index (χ3n) is 2.19. The highest BCUT2D eigenvalue weighted by Crippen LogP contribution is 2.21. The van der Waals surface area contributed by atoms with Crippen molar-refractivity contribution < 1.29 is 14.3 Å². The molecule has 1 heterocycles. The van der Waals surface area contributed by atoms with Gasteiger partial charge in [0.1, 0.15) is 5.82 Å². The number of aromatic nitrogens is 1. The molecule has 2 N–H and O–H groups in total. The van der Waals surface area contributed by atoms with E-state index in [0.29, 0.717) is 4.47 Å². The molecule has 0 spiro atoms. The van der Waals surface area contributed by atoms with Gasteiger partial charge < -0.3 is 10.4 Å². The standard InChI is InChI=1S/C12H8BrFN2O2/c13-7-3-4-8(9(14)6-7)12(18)16-11-10(17)2-1-5-15-11/h1-6,17H,(H,15,16,18). The Balaban J connectivity index is 2.25. The molecule has 1 aromatic heterocycles. The van der Waals surface area contributed by atoms with E-state index in [9.17, 15) is 14.3 Å². The van der Waals surface area contributed by atoms with E-state index in [2.05, 4.69) is 26.2 Å². The topological polar surface area (TPSA) is 62.2 Å². The van der Waals surface area contributed by atoms with Gasteiger partial charge in [-0.3, -0.25) is 4.79 Å². The first-order valence-corrected chi connectivity index (χ1v) is 5.77. The minimum atomic E-state index is -0.672. The van der Waals surface area contributed by atoms with Crippen LogP contribution in [0.2, 0.25) is 0 Å². The van der Waals surface area contributed by atoms with Crippen molar-refractivity contribution in [3.05, 3.63) is 52.4 Å². The Morgan fingerprint density at radius 3 is 2.83 bits per heavy atom. The summed E-state index contributed by atoms with van der Waals surface area (Å²) in [6.45, 7) is 0. The average Bonchev–Trinajstić information content (AvgIpc) is 2.32. The summed E-state index contributed by atoms with van der Waals surface area (Å²) in [5.41, 5.74) is -0.122. The summed E-state index contributed by atoms with van der Waals surface area (Å²) >= 11 is 3.10. The number of hydrogen-bond donors (Lipinski definition) is 2. The number of amides is 1. The molecule has 0 fully saturated rings. The molecule has 4 nitrogen and oxygen atoms in total. The van der Waals surface area contributed by atoms with Crippen LogP contribution in [-0.4, -0.2) is 16.0 Å². The number of anilines is 1. The maximum atomic E-state index is 13.5. The molecular formula is C12H8BrFN2O2. The van der Waals surface area contributed by atoms with E-state index in [4.69, 9.17) is 0 Å². The van der Waals surface area contributed by atoms with Gasteiger partial charge in [-0.1, -0.05) is 15.9 Å². The molecule has 1 amide bonds. The van der Waals surface area contributed by atoms with Crippen LogP contribution in [0.5, 0.6) is 5.75 Å². The Morgan fingerprint density at radius 2 is 2.17 bits per heavy atom. The van der Waals surface area contributed by atoms with Crippen LogP contribution < -0.4 is 5.32 Å². The van der Waals surface area contributed by atoms with Gasteiger partial charge in [0.25, 0.3) is 5.91 Å². The van der Waals surface area contributed by atoms with E-state index < -0.39 is 11.7 Å². The average molecular weight is 311 g/mol.